The van der Waals surface area contributed by atoms with Gasteiger partial charge < -0.3 is 19.9 Å². The molecule has 1 saturated carbocycles. The molecule has 2 aliphatic rings. The Morgan fingerprint density at radius 2 is 1.64 bits per heavy atom. The Morgan fingerprint density at radius 3 is 2.23 bits per heavy atom. The van der Waals surface area contributed by atoms with E-state index in [4.69, 9.17) is 4.74 Å². The van der Waals surface area contributed by atoms with Crippen molar-refractivity contribution < 1.29 is 23.1 Å². The number of likely N-dealkylation sites (tertiary alicyclic amines) is 1. The van der Waals surface area contributed by atoms with E-state index in [1.807, 2.05) is 66.4 Å². The third-order valence-electron chi connectivity index (χ3n) is 7.99. The van der Waals surface area contributed by atoms with Gasteiger partial charge in [0.1, 0.15) is 5.75 Å². The minimum atomic E-state index is -0.939. The standard InChI is InChI=1S/C31H33F2N3O3/c1-35(2)27-18-22(6-11-28(27)39-3)29(37)36-16-12-21(13-17-36)20-4-8-24(9-5-20)34-30(38)31(14-15-31)23-7-10-25(32)26(33)19-23/h4-11,18-19,21H,12-17H2,1-3H3,(H,34,38). The summed E-state index contributed by atoms with van der Waals surface area (Å²) < 4.78 is 32.5. The highest BCUT2D eigenvalue weighted by Crippen LogP contribution is 2.49. The molecule has 5 rings (SSSR count). The average molecular weight is 534 g/mol. The van der Waals surface area contributed by atoms with Crippen LogP contribution in [-0.4, -0.2) is 51.0 Å². The van der Waals surface area contributed by atoms with Gasteiger partial charge in [0.25, 0.3) is 5.91 Å². The molecule has 0 radical (unpaired) electrons. The van der Waals surface area contributed by atoms with Gasteiger partial charge in [-0.25, -0.2) is 8.78 Å². The van der Waals surface area contributed by atoms with Crippen LogP contribution in [0.1, 0.15) is 53.1 Å². The molecule has 8 heteroatoms. The number of nitrogens with zero attached hydrogens (tertiary/aromatic N) is 2. The Bertz CT molecular complexity index is 1380. The first-order chi connectivity index (χ1) is 18.7. The van der Waals surface area contributed by atoms with E-state index >= 15 is 0 Å². The van der Waals surface area contributed by atoms with Gasteiger partial charge in [0, 0.05) is 38.4 Å². The monoisotopic (exact) mass is 533 g/mol. The van der Waals surface area contributed by atoms with Crippen LogP contribution in [0.5, 0.6) is 5.75 Å². The van der Waals surface area contributed by atoms with Gasteiger partial charge in [-0.2, -0.15) is 0 Å². The van der Waals surface area contributed by atoms with E-state index in [0.717, 1.165) is 36.4 Å². The number of ether oxygens (including phenoxy) is 1. The third kappa shape index (κ3) is 5.33. The van der Waals surface area contributed by atoms with Crippen molar-refractivity contribution in [3.63, 3.8) is 0 Å². The Morgan fingerprint density at radius 1 is 0.949 bits per heavy atom. The average Bonchev–Trinajstić information content (AvgIpc) is 3.76. The Hall–Kier alpha value is -3.94. The summed E-state index contributed by atoms with van der Waals surface area (Å²) in [7, 11) is 5.46. The topological polar surface area (TPSA) is 61.9 Å². The smallest absolute Gasteiger partial charge is 0.253 e. The van der Waals surface area contributed by atoms with Crippen LogP contribution in [0, 0.1) is 11.6 Å². The third-order valence-corrected chi connectivity index (χ3v) is 7.99. The minimum absolute atomic E-state index is 0.0207. The quantitative estimate of drug-likeness (QED) is 0.422. The molecule has 1 saturated heterocycles. The highest BCUT2D eigenvalue weighted by molar-refractivity contribution is 6.01. The summed E-state index contributed by atoms with van der Waals surface area (Å²) in [6.45, 7) is 1.34. The lowest BCUT2D eigenvalue weighted by Gasteiger charge is -2.32. The molecular formula is C31H33F2N3O3. The van der Waals surface area contributed by atoms with Crippen LogP contribution in [0.2, 0.25) is 0 Å². The SMILES string of the molecule is COc1ccc(C(=O)N2CCC(c3ccc(NC(=O)C4(c5ccc(F)c(F)c5)CC4)cc3)CC2)cc1N(C)C. The van der Waals surface area contributed by atoms with Gasteiger partial charge in [-0.1, -0.05) is 18.2 Å². The van der Waals surface area contributed by atoms with Crippen LogP contribution < -0.4 is 15.0 Å². The number of hydrogen-bond acceptors (Lipinski definition) is 4. The molecule has 39 heavy (non-hydrogen) atoms. The number of rotatable bonds is 7. The zero-order valence-corrected chi connectivity index (χ0v) is 22.5. The molecule has 3 aromatic carbocycles. The molecular weight excluding hydrogens is 500 g/mol. The predicted molar refractivity (Wildman–Crippen MR) is 148 cm³/mol. The van der Waals surface area contributed by atoms with Crippen LogP contribution in [0.4, 0.5) is 20.2 Å². The number of nitrogens with one attached hydrogen (secondary N) is 1. The van der Waals surface area contributed by atoms with Crippen LogP contribution in [0.25, 0.3) is 0 Å². The number of carbonyl (C=O) groups is 2. The first kappa shape index (κ1) is 26.7. The zero-order chi connectivity index (χ0) is 27.7. The van der Waals surface area contributed by atoms with E-state index in [9.17, 15) is 18.4 Å². The molecule has 3 aromatic rings. The van der Waals surface area contributed by atoms with Gasteiger partial charge in [0.15, 0.2) is 11.6 Å². The van der Waals surface area contributed by atoms with E-state index in [2.05, 4.69) is 5.32 Å². The highest BCUT2D eigenvalue weighted by Gasteiger charge is 2.51. The van der Waals surface area contributed by atoms with Crippen molar-refractivity contribution in [3.05, 3.63) is 89.0 Å². The number of benzene rings is 3. The van der Waals surface area contributed by atoms with E-state index in [1.54, 1.807) is 7.11 Å². The van der Waals surface area contributed by atoms with Gasteiger partial charge in [0.2, 0.25) is 5.91 Å². The molecule has 1 heterocycles. The number of piperidine rings is 1. The van der Waals surface area contributed by atoms with Gasteiger partial charge in [-0.15, -0.1) is 0 Å². The number of amides is 2. The fourth-order valence-corrected chi connectivity index (χ4v) is 5.43. The number of hydrogen-bond donors (Lipinski definition) is 1. The Labute approximate surface area is 227 Å². The van der Waals surface area contributed by atoms with Crippen molar-refractivity contribution in [2.45, 2.75) is 37.0 Å². The first-order valence-corrected chi connectivity index (χ1v) is 13.2. The molecule has 0 bridgehead atoms. The first-order valence-electron chi connectivity index (χ1n) is 13.2. The maximum Gasteiger partial charge on any atom is 0.253 e. The van der Waals surface area contributed by atoms with E-state index < -0.39 is 17.0 Å². The summed E-state index contributed by atoms with van der Waals surface area (Å²) >= 11 is 0. The highest BCUT2D eigenvalue weighted by atomic mass is 19.2. The Kier molecular flexibility index (Phi) is 7.30. The van der Waals surface area contributed by atoms with Crippen LogP contribution in [0.15, 0.2) is 60.7 Å². The molecule has 0 unspecified atom stereocenters. The van der Waals surface area contributed by atoms with Crippen molar-refractivity contribution in [3.8, 4) is 5.75 Å². The fourth-order valence-electron chi connectivity index (χ4n) is 5.43. The summed E-state index contributed by atoms with van der Waals surface area (Å²) in [5.74, 6) is -0.988. The second-order valence-electron chi connectivity index (χ2n) is 10.6. The van der Waals surface area contributed by atoms with E-state index in [-0.39, 0.29) is 11.8 Å². The molecule has 6 nitrogen and oxygen atoms in total. The number of anilines is 2. The molecule has 0 atom stereocenters. The van der Waals surface area contributed by atoms with Crippen molar-refractivity contribution in [1.29, 1.82) is 0 Å². The molecule has 0 spiro atoms. The number of carbonyl (C=O) groups excluding carboxylic acids is 2. The number of methoxy groups -OCH3 is 1. The van der Waals surface area contributed by atoms with Gasteiger partial charge in [-0.05, 0) is 85.2 Å². The van der Waals surface area contributed by atoms with Crippen molar-refractivity contribution in [1.82, 2.24) is 4.90 Å². The molecule has 2 amide bonds. The lowest BCUT2D eigenvalue weighted by molar-refractivity contribution is -0.118. The van der Waals surface area contributed by atoms with Crippen LogP contribution >= 0.6 is 0 Å². The van der Waals surface area contributed by atoms with Crippen LogP contribution in [0.3, 0.4) is 0 Å². The van der Waals surface area contributed by atoms with Gasteiger partial charge in [0.05, 0.1) is 18.2 Å². The predicted octanol–water partition coefficient (Wildman–Crippen LogP) is 5.73. The zero-order valence-electron chi connectivity index (χ0n) is 22.5. The molecule has 1 aliphatic heterocycles. The second-order valence-corrected chi connectivity index (χ2v) is 10.6. The molecule has 204 valence electrons. The summed E-state index contributed by atoms with van der Waals surface area (Å²) in [5.41, 5.74) is 3.05. The maximum absolute atomic E-state index is 13.7. The van der Waals surface area contributed by atoms with Gasteiger partial charge in [-0.3, -0.25) is 9.59 Å². The summed E-state index contributed by atoms with van der Waals surface area (Å²) in [6.07, 6.45) is 2.92. The van der Waals surface area contributed by atoms with Crippen LogP contribution in [-0.2, 0) is 10.2 Å². The fraction of sp³-hybridized carbons (Fsp3) is 0.355. The molecule has 1 N–H and O–H groups in total. The van der Waals surface area contributed by atoms with E-state index in [0.29, 0.717) is 48.7 Å². The molecule has 1 aliphatic carbocycles. The molecule has 2 fully saturated rings. The second kappa shape index (κ2) is 10.7. The van der Waals surface area contributed by atoms with Crippen molar-refractivity contribution >= 4 is 23.2 Å². The van der Waals surface area contributed by atoms with E-state index in [1.165, 1.54) is 11.6 Å². The summed E-state index contributed by atoms with van der Waals surface area (Å²) in [5, 5.41) is 2.95. The lowest BCUT2D eigenvalue weighted by Crippen LogP contribution is -2.38. The number of halogens is 2. The minimum Gasteiger partial charge on any atom is -0.495 e. The summed E-state index contributed by atoms with van der Waals surface area (Å²) in [4.78, 5) is 30.0. The maximum atomic E-state index is 13.7. The normalized spacial score (nSPS) is 16.5. The summed E-state index contributed by atoms with van der Waals surface area (Å²) in [6, 6.07) is 17.0. The Balaban J connectivity index is 1.18. The lowest BCUT2D eigenvalue weighted by atomic mass is 9.89. The van der Waals surface area contributed by atoms with Gasteiger partial charge >= 0.3 is 0 Å². The van der Waals surface area contributed by atoms with Crippen molar-refractivity contribution in [2.24, 2.45) is 0 Å². The van der Waals surface area contributed by atoms with Crippen molar-refractivity contribution in [2.75, 3.05) is 44.5 Å². The molecule has 0 aromatic heterocycles. The largest absolute Gasteiger partial charge is 0.495 e.